The van der Waals surface area contributed by atoms with Crippen molar-refractivity contribution in [1.29, 1.82) is 0 Å². The molecule has 0 rings (SSSR count). The molecule has 0 saturated carbocycles. The summed E-state index contributed by atoms with van der Waals surface area (Å²) in [7, 11) is -4.30. The van der Waals surface area contributed by atoms with E-state index in [9.17, 15) is 19.1 Å². The first-order valence-corrected chi connectivity index (χ1v) is 10.1. The molecule has 0 aromatic heterocycles. The summed E-state index contributed by atoms with van der Waals surface area (Å²) in [6.45, 7) is 6.26. The van der Waals surface area contributed by atoms with Crippen LogP contribution < -0.4 is 9.79 Å². The average molecular weight is 334 g/mol. The molecule has 0 heterocycles. The number of rotatable bonds is 13. The molecule has 0 aliphatic rings. The highest BCUT2D eigenvalue weighted by Gasteiger charge is 2.26. The lowest BCUT2D eigenvalue weighted by molar-refractivity contribution is -0.313. The van der Waals surface area contributed by atoms with Crippen molar-refractivity contribution in [3.8, 4) is 0 Å². The Balaban J connectivity index is 3.34. The molecule has 0 amide bonds. The molecule has 0 unspecified atom stereocenters. The van der Waals surface area contributed by atoms with Gasteiger partial charge in [0, 0.05) is 0 Å². The van der Waals surface area contributed by atoms with E-state index in [0.717, 1.165) is 51.4 Å². The minimum Gasteiger partial charge on any atom is -0.811 e. The lowest BCUT2D eigenvalue weighted by atomic mass is 9.91. The fourth-order valence-electron chi connectivity index (χ4n) is 1.97. The van der Waals surface area contributed by atoms with Crippen molar-refractivity contribution in [1.82, 2.24) is 0 Å². The van der Waals surface area contributed by atoms with Crippen molar-refractivity contribution in [3.05, 3.63) is 0 Å². The predicted molar refractivity (Wildman–Crippen MR) is 84.4 cm³/mol. The van der Waals surface area contributed by atoms with Gasteiger partial charge < -0.3 is 19.1 Å². The summed E-state index contributed by atoms with van der Waals surface area (Å²) in [4.78, 5) is 32.6. The van der Waals surface area contributed by atoms with Crippen LogP contribution in [0.5, 0.6) is 0 Å². The molecule has 0 radical (unpaired) electrons. The Morgan fingerprint density at radius 3 is 1.86 bits per heavy atom. The van der Waals surface area contributed by atoms with E-state index in [1.54, 1.807) is 0 Å². The highest BCUT2D eigenvalue weighted by molar-refractivity contribution is 7.48. The van der Waals surface area contributed by atoms with Crippen molar-refractivity contribution in [2.24, 2.45) is 5.41 Å². The quantitative estimate of drug-likeness (QED) is 0.293. The molecule has 0 aromatic rings. The van der Waals surface area contributed by atoms with Crippen LogP contribution in [0.3, 0.4) is 0 Å². The van der Waals surface area contributed by atoms with Crippen molar-refractivity contribution < 1.29 is 23.9 Å². The third-order valence-corrected chi connectivity index (χ3v) is 4.86. The van der Waals surface area contributed by atoms with Gasteiger partial charge >= 0.3 is 5.97 Å². The number of carbonyl (C=O) groups is 1. The molecule has 0 fully saturated rings. The normalized spacial score (nSPS) is 12.4. The Bertz CT molecular complexity index is 348. The Hall–Kier alpha value is -0.380. The van der Waals surface area contributed by atoms with Gasteiger partial charge in [0.25, 0.3) is 0 Å². The second kappa shape index (κ2) is 11.2. The molecule has 6 heteroatoms. The van der Waals surface area contributed by atoms with Crippen molar-refractivity contribution >= 4 is 13.6 Å². The Kier molecular flexibility index (Phi) is 11.0. The number of unbranched alkanes of at least 4 members (excludes halogenated alkanes) is 7. The first kappa shape index (κ1) is 21.6. The van der Waals surface area contributed by atoms with E-state index < -0.39 is 13.0 Å². The third kappa shape index (κ3) is 12.2. The minimum atomic E-state index is -4.30. The first-order chi connectivity index (χ1) is 10.2. The summed E-state index contributed by atoms with van der Waals surface area (Å²) < 4.78 is 15.7. The standard InChI is InChI=1S/C16H33O5P/c1-4-16(2,3)15(17)21-13-11-9-7-5-6-8-10-12-14-22(18,19)20/h4-14H2,1-3H3,(H2,18,19,20)/p-2. The summed E-state index contributed by atoms with van der Waals surface area (Å²) in [5.74, 6) is -0.121. The van der Waals surface area contributed by atoms with Crippen LogP contribution in [0.2, 0.25) is 0 Å². The van der Waals surface area contributed by atoms with E-state index in [0.29, 0.717) is 13.0 Å². The van der Waals surface area contributed by atoms with Crippen LogP contribution in [-0.4, -0.2) is 18.7 Å². The van der Waals surface area contributed by atoms with Gasteiger partial charge in [-0.15, -0.1) is 0 Å². The van der Waals surface area contributed by atoms with Crippen LogP contribution in [0, 0.1) is 5.41 Å². The topological polar surface area (TPSA) is 89.5 Å². The lowest BCUT2D eigenvalue weighted by Crippen LogP contribution is -2.26. The first-order valence-electron chi connectivity index (χ1n) is 8.37. The molecule has 0 aromatic carbocycles. The van der Waals surface area contributed by atoms with Crippen LogP contribution in [0.4, 0.5) is 0 Å². The number of hydrogen-bond acceptors (Lipinski definition) is 5. The van der Waals surface area contributed by atoms with Crippen molar-refractivity contribution in [2.75, 3.05) is 12.8 Å². The van der Waals surface area contributed by atoms with E-state index >= 15 is 0 Å². The van der Waals surface area contributed by atoms with Gasteiger partial charge in [-0.1, -0.05) is 53.0 Å². The third-order valence-electron chi connectivity index (χ3n) is 4.00. The predicted octanol–water partition coefficient (Wildman–Crippen LogP) is 3.00. The Labute approximate surface area is 135 Å². The second-order valence-corrected chi connectivity index (χ2v) is 8.21. The smallest absolute Gasteiger partial charge is 0.311 e. The zero-order valence-corrected chi connectivity index (χ0v) is 15.2. The fraction of sp³-hybridized carbons (Fsp3) is 0.938. The van der Waals surface area contributed by atoms with E-state index in [-0.39, 0.29) is 12.1 Å². The molecule has 0 aliphatic heterocycles. The van der Waals surface area contributed by atoms with Crippen LogP contribution in [0.15, 0.2) is 0 Å². The van der Waals surface area contributed by atoms with Crippen molar-refractivity contribution in [2.45, 2.75) is 78.6 Å². The highest BCUT2D eigenvalue weighted by atomic mass is 31.2. The van der Waals surface area contributed by atoms with E-state index in [4.69, 9.17) is 4.74 Å². The number of carbonyl (C=O) groups excluding carboxylic acids is 1. The van der Waals surface area contributed by atoms with Gasteiger partial charge in [-0.3, -0.25) is 4.79 Å². The maximum atomic E-state index is 11.7. The van der Waals surface area contributed by atoms with Crippen LogP contribution in [0.1, 0.15) is 78.6 Å². The summed E-state index contributed by atoms with van der Waals surface area (Å²) in [6.07, 6.45) is 8.00. The molecule has 0 N–H and O–H groups in total. The maximum Gasteiger partial charge on any atom is 0.311 e. The van der Waals surface area contributed by atoms with Crippen LogP contribution >= 0.6 is 7.60 Å². The molecular weight excluding hydrogens is 303 g/mol. The monoisotopic (exact) mass is 334 g/mol. The van der Waals surface area contributed by atoms with E-state index in [1.165, 1.54) is 0 Å². The summed E-state index contributed by atoms with van der Waals surface area (Å²) >= 11 is 0. The minimum absolute atomic E-state index is 0.121. The number of hydrogen-bond donors (Lipinski definition) is 0. The molecule has 22 heavy (non-hydrogen) atoms. The number of ether oxygens (including phenoxy) is 1. The zero-order valence-electron chi connectivity index (χ0n) is 14.3. The number of esters is 1. The summed E-state index contributed by atoms with van der Waals surface area (Å²) in [6, 6.07) is 0. The molecule has 0 atom stereocenters. The molecule has 0 saturated heterocycles. The van der Waals surface area contributed by atoms with Gasteiger partial charge in [-0.25, -0.2) is 0 Å². The van der Waals surface area contributed by atoms with Gasteiger partial charge in [-0.2, -0.15) is 0 Å². The molecule has 0 bridgehead atoms. The van der Waals surface area contributed by atoms with Gasteiger partial charge in [0.1, 0.15) is 0 Å². The zero-order chi connectivity index (χ0) is 17.1. The Morgan fingerprint density at radius 2 is 1.41 bits per heavy atom. The van der Waals surface area contributed by atoms with Gasteiger partial charge in [-0.05, 0) is 39.3 Å². The summed E-state index contributed by atoms with van der Waals surface area (Å²) in [5.41, 5.74) is -0.391. The van der Waals surface area contributed by atoms with Crippen LogP contribution in [0.25, 0.3) is 0 Å². The largest absolute Gasteiger partial charge is 0.811 e. The van der Waals surface area contributed by atoms with E-state index in [2.05, 4.69) is 0 Å². The van der Waals surface area contributed by atoms with Gasteiger partial charge in [0.2, 0.25) is 0 Å². The Morgan fingerprint density at radius 1 is 0.955 bits per heavy atom. The second-order valence-electron chi connectivity index (χ2n) is 6.54. The van der Waals surface area contributed by atoms with E-state index in [1.807, 2.05) is 20.8 Å². The van der Waals surface area contributed by atoms with Crippen LogP contribution in [-0.2, 0) is 14.1 Å². The van der Waals surface area contributed by atoms with Gasteiger partial charge in [0.15, 0.2) is 0 Å². The molecular formula is C16H31O5P-2. The SMILES string of the molecule is CCC(C)(C)C(=O)OCCCCCCCCCCP(=O)([O-])[O-]. The lowest BCUT2D eigenvalue weighted by Gasteiger charge is -2.29. The molecule has 0 spiro atoms. The fourth-order valence-corrected chi connectivity index (χ4v) is 2.58. The molecule has 5 nitrogen and oxygen atoms in total. The highest BCUT2D eigenvalue weighted by Crippen LogP contribution is 2.25. The van der Waals surface area contributed by atoms with Crippen molar-refractivity contribution in [3.63, 3.8) is 0 Å². The summed E-state index contributed by atoms with van der Waals surface area (Å²) in [5, 5.41) is 0. The van der Waals surface area contributed by atoms with Gasteiger partial charge in [0.05, 0.1) is 12.0 Å². The maximum absolute atomic E-state index is 11.7. The average Bonchev–Trinajstić information content (AvgIpc) is 2.43. The molecule has 132 valence electrons. The molecule has 0 aliphatic carbocycles.